The highest BCUT2D eigenvalue weighted by atomic mass is 79.9. The van der Waals surface area contributed by atoms with Crippen LogP contribution in [-0.4, -0.2) is 36.0 Å². The van der Waals surface area contributed by atoms with E-state index >= 15 is 0 Å². The van der Waals surface area contributed by atoms with Gasteiger partial charge in [-0.25, -0.2) is 0 Å². The molecule has 21 heavy (non-hydrogen) atoms. The van der Waals surface area contributed by atoms with Gasteiger partial charge in [-0.2, -0.15) is 0 Å². The van der Waals surface area contributed by atoms with Crippen LogP contribution in [0.5, 0.6) is 0 Å². The van der Waals surface area contributed by atoms with E-state index in [1.54, 1.807) is 12.1 Å². The van der Waals surface area contributed by atoms with Crippen LogP contribution in [0.3, 0.4) is 0 Å². The van der Waals surface area contributed by atoms with Crippen LogP contribution < -0.4 is 11.1 Å². The normalized spacial score (nSPS) is 29.1. The molecule has 1 aromatic carbocycles. The first-order chi connectivity index (χ1) is 10.0. The lowest BCUT2D eigenvalue weighted by Gasteiger charge is -2.47. The molecule has 3 N–H and O–H groups in total. The number of hydrogen-bond acceptors (Lipinski definition) is 3. The van der Waals surface area contributed by atoms with Crippen molar-refractivity contribution in [3.63, 3.8) is 0 Å². The summed E-state index contributed by atoms with van der Waals surface area (Å²) in [4.78, 5) is 15.0. The summed E-state index contributed by atoms with van der Waals surface area (Å²) in [5, 5.41) is 3.20. The predicted molar refractivity (Wildman–Crippen MR) is 88.2 cm³/mol. The van der Waals surface area contributed by atoms with E-state index in [2.05, 4.69) is 33.2 Å². The minimum atomic E-state index is -0.0261. The fourth-order valence-corrected chi connectivity index (χ4v) is 4.14. The number of amides is 1. The predicted octanol–water partition coefficient (Wildman–Crippen LogP) is 2.78. The maximum Gasteiger partial charge on any atom is 0.252 e. The number of nitrogens with one attached hydrogen (secondary N) is 1. The molecular formula is C16H22BrN3O. The molecule has 0 saturated carbocycles. The third kappa shape index (κ3) is 3.09. The van der Waals surface area contributed by atoms with Crippen molar-refractivity contribution >= 4 is 27.5 Å². The summed E-state index contributed by atoms with van der Waals surface area (Å²) in [6, 6.07) is 6.86. The largest absolute Gasteiger partial charge is 0.399 e. The molecule has 5 heteroatoms. The number of fused-ring (bicyclic) bond motifs is 2. The molecule has 3 rings (SSSR count). The molecule has 2 saturated heterocycles. The number of benzene rings is 1. The molecule has 2 unspecified atom stereocenters. The lowest BCUT2D eigenvalue weighted by molar-refractivity contribution is 0.0463. The maximum absolute atomic E-state index is 12.5. The smallest absolute Gasteiger partial charge is 0.252 e. The van der Waals surface area contributed by atoms with Gasteiger partial charge in [0.05, 0.1) is 5.56 Å². The number of carbonyl (C=O) groups excluding carboxylic acids is 1. The van der Waals surface area contributed by atoms with E-state index < -0.39 is 0 Å². The molecule has 1 amide bonds. The Morgan fingerprint density at radius 3 is 2.67 bits per heavy atom. The number of anilines is 1. The fraction of sp³-hybridized carbons (Fsp3) is 0.562. The second-order valence-corrected chi connectivity index (χ2v) is 7.14. The van der Waals surface area contributed by atoms with Crippen molar-refractivity contribution in [2.24, 2.45) is 0 Å². The Hall–Kier alpha value is -1.07. The Morgan fingerprint density at radius 2 is 2.00 bits per heavy atom. The SMILES string of the molecule is CN1C2CCCC1CC(NC(=O)c1cc(N)ccc1Br)C2. The zero-order valence-electron chi connectivity index (χ0n) is 12.3. The third-order valence-corrected chi connectivity index (χ3v) is 5.60. The van der Waals surface area contributed by atoms with E-state index in [0.717, 1.165) is 17.3 Å². The Balaban J connectivity index is 1.69. The van der Waals surface area contributed by atoms with E-state index in [9.17, 15) is 4.79 Å². The van der Waals surface area contributed by atoms with Crippen molar-refractivity contribution in [2.75, 3.05) is 12.8 Å². The molecule has 0 radical (unpaired) electrons. The van der Waals surface area contributed by atoms with Crippen molar-refractivity contribution in [2.45, 2.75) is 50.2 Å². The third-order valence-electron chi connectivity index (χ3n) is 4.91. The Labute approximate surface area is 134 Å². The van der Waals surface area contributed by atoms with Crippen LogP contribution in [0, 0.1) is 0 Å². The van der Waals surface area contributed by atoms with Crippen molar-refractivity contribution in [3.8, 4) is 0 Å². The number of nitrogen functional groups attached to an aromatic ring is 1. The number of halogens is 1. The molecule has 2 heterocycles. The summed E-state index contributed by atoms with van der Waals surface area (Å²) in [6.45, 7) is 0. The molecular weight excluding hydrogens is 330 g/mol. The summed E-state index contributed by atoms with van der Waals surface area (Å²) in [7, 11) is 2.22. The number of carbonyl (C=O) groups is 1. The van der Waals surface area contributed by atoms with Gasteiger partial charge in [0, 0.05) is 28.3 Å². The lowest BCUT2D eigenvalue weighted by Crippen LogP contribution is -2.55. The molecule has 2 atom stereocenters. The molecule has 2 aliphatic rings. The van der Waals surface area contributed by atoms with E-state index in [1.807, 2.05) is 6.07 Å². The van der Waals surface area contributed by atoms with Crippen LogP contribution in [0.1, 0.15) is 42.5 Å². The molecule has 0 aliphatic carbocycles. The average molecular weight is 352 g/mol. The van der Waals surface area contributed by atoms with Crippen LogP contribution in [0.4, 0.5) is 5.69 Å². The number of nitrogens with two attached hydrogens (primary N) is 1. The molecule has 0 spiro atoms. The van der Waals surface area contributed by atoms with Crippen LogP contribution in [0.15, 0.2) is 22.7 Å². The molecule has 1 aromatic rings. The molecule has 4 nitrogen and oxygen atoms in total. The van der Waals surface area contributed by atoms with Crippen molar-refractivity contribution in [3.05, 3.63) is 28.2 Å². The van der Waals surface area contributed by atoms with Crippen molar-refractivity contribution < 1.29 is 4.79 Å². The number of nitrogens with zero attached hydrogens (tertiary/aromatic N) is 1. The zero-order valence-corrected chi connectivity index (χ0v) is 13.9. The first-order valence-corrected chi connectivity index (χ1v) is 8.41. The molecule has 0 aromatic heterocycles. The molecule has 2 aliphatic heterocycles. The quantitative estimate of drug-likeness (QED) is 0.805. The highest BCUT2D eigenvalue weighted by Crippen LogP contribution is 2.32. The van der Waals surface area contributed by atoms with Crippen LogP contribution in [0.25, 0.3) is 0 Å². The van der Waals surface area contributed by atoms with Gasteiger partial charge in [0.1, 0.15) is 0 Å². The van der Waals surface area contributed by atoms with E-state index in [-0.39, 0.29) is 11.9 Å². The Kier molecular flexibility index (Phi) is 4.22. The summed E-state index contributed by atoms with van der Waals surface area (Å²) in [5.41, 5.74) is 7.02. The van der Waals surface area contributed by atoms with Gasteiger partial charge in [0.15, 0.2) is 0 Å². The van der Waals surface area contributed by atoms with Gasteiger partial charge >= 0.3 is 0 Å². The van der Waals surface area contributed by atoms with Crippen molar-refractivity contribution in [1.82, 2.24) is 10.2 Å². The Morgan fingerprint density at radius 1 is 1.33 bits per heavy atom. The standard InChI is InChI=1S/C16H22BrN3O/c1-20-12-3-2-4-13(20)9-11(8-12)19-16(21)14-7-10(18)5-6-15(14)17/h5-7,11-13H,2-4,8-9,18H2,1H3,(H,19,21). The van der Waals surface area contributed by atoms with E-state index in [4.69, 9.17) is 5.73 Å². The fourth-order valence-electron chi connectivity index (χ4n) is 3.71. The molecule has 2 fully saturated rings. The van der Waals surface area contributed by atoms with Crippen LogP contribution >= 0.6 is 15.9 Å². The van der Waals surface area contributed by atoms with Gasteiger partial charge < -0.3 is 16.0 Å². The van der Waals surface area contributed by atoms with E-state index in [1.165, 1.54) is 19.3 Å². The van der Waals surface area contributed by atoms with Gasteiger partial charge in [0.2, 0.25) is 0 Å². The highest BCUT2D eigenvalue weighted by molar-refractivity contribution is 9.10. The van der Waals surface area contributed by atoms with Gasteiger partial charge in [-0.15, -0.1) is 0 Å². The minimum Gasteiger partial charge on any atom is -0.399 e. The van der Waals surface area contributed by atoms with E-state index in [0.29, 0.717) is 23.3 Å². The number of rotatable bonds is 2. The van der Waals surface area contributed by atoms with Gasteiger partial charge in [-0.3, -0.25) is 4.79 Å². The summed E-state index contributed by atoms with van der Waals surface area (Å²) >= 11 is 3.43. The lowest BCUT2D eigenvalue weighted by atomic mass is 9.82. The highest BCUT2D eigenvalue weighted by Gasteiger charge is 2.36. The zero-order chi connectivity index (χ0) is 15.0. The summed E-state index contributed by atoms with van der Waals surface area (Å²) in [6.07, 6.45) is 5.93. The first-order valence-electron chi connectivity index (χ1n) is 7.62. The van der Waals surface area contributed by atoms with Gasteiger partial charge in [-0.1, -0.05) is 6.42 Å². The number of piperidine rings is 2. The maximum atomic E-state index is 12.5. The van der Waals surface area contributed by atoms with Crippen LogP contribution in [-0.2, 0) is 0 Å². The first kappa shape index (κ1) is 14.9. The van der Waals surface area contributed by atoms with Gasteiger partial charge in [-0.05, 0) is 66.9 Å². The number of hydrogen-bond donors (Lipinski definition) is 2. The van der Waals surface area contributed by atoms with Gasteiger partial charge in [0.25, 0.3) is 5.91 Å². The second-order valence-electron chi connectivity index (χ2n) is 6.29. The molecule has 2 bridgehead atoms. The average Bonchev–Trinajstić information content (AvgIpc) is 2.42. The second kappa shape index (κ2) is 5.97. The molecule has 114 valence electrons. The minimum absolute atomic E-state index is 0.0261. The van der Waals surface area contributed by atoms with Crippen molar-refractivity contribution in [1.29, 1.82) is 0 Å². The summed E-state index contributed by atoms with van der Waals surface area (Å²) < 4.78 is 0.794. The van der Waals surface area contributed by atoms with Crippen LogP contribution in [0.2, 0.25) is 0 Å². The summed E-state index contributed by atoms with van der Waals surface area (Å²) in [5.74, 6) is -0.0261. The Bertz CT molecular complexity index is 534. The topological polar surface area (TPSA) is 58.4 Å². The monoisotopic (exact) mass is 351 g/mol.